The molecule has 362 valence electrons. The van der Waals surface area contributed by atoms with Crippen LogP contribution < -0.4 is 10.6 Å². The molecular weight excluding hydrogens is 843 g/mol. The molecule has 4 rings (SSSR count). The highest BCUT2D eigenvalue weighted by Crippen LogP contribution is 2.56. The van der Waals surface area contributed by atoms with Gasteiger partial charge in [-0.05, 0) is 124 Å². The Morgan fingerprint density at radius 2 is 0.875 bits per heavy atom. The van der Waals surface area contributed by atoms with Crippen LogP contribution >= 0.6 is 16.6 Å². The summed E-state index contributed by atoms with van der Waals surface area (Å²) in [7, 11) is -2.23. The van der Waals surface area contributed by atoms with Gasteiger partial charge in [-0.3, -0.25) is 9.59 Å². The maximum Gasteiger partial charge on any atom is 0.306 e. The van der Waals surface area contributed by atoms with E-state index in [0.29, 0.717) is 39.3 Å². The van der Waals surface area contributed by atoms with Crippen LogP contribution in [-0.4, -0.2) is 82.1 Å². The van der Waals surface area contributed by atoms with Gasteiger partial charge in [-0.15, -0.1) is 0 Å². The van der Waals surface area contributed by atoms with Gasteiger partial charge in [0.2, 0.25) is 0 Å². The third-order valence-electron chi connectivity index (χ3n) is 12.0. The number of hydrogen-bond acceptors (Lipinski definition) is 10. The second-order valence-corrected chi connectivity index (χ2v) is 27.4. The number of hydrogen-bond donors (Lipinski definition) is 2. The first-order valence-corrected chi connectivity index (χ1v) is 26.2. The fourth-order valence-corrected chi connectivity index (χ4v) is 14.3. The van der Waals surface area contributed by atoms with Crippen LogP contribution in [0.15, 0.2) is 12.1 Å². The molecule has 0 spiro atoms. The van der Waals surface area contributed by atoms with Gasteiger partial charge in [0.1, 0.15) is 28.1 Å². The Morgan fingerprint density at radius 3 is 1.16 bits per heavy atom. The van der Waals surface area contributed by atoms with Crippen molar-refractivity contribution in [2.45, 2.75) is 209 Å². The molecule has 2 fully saturated rings. The van der Waals surface area contributed by atoms with E-state index < -0.39 is 16.6 Å². The van der Waals surface area contributed by atoms with Crippen LogP contribution in [0.2, 0.25) is 0 Å². The van der Waals surface area contributed by atoms with Gasteiger partial charge in [0.05, 0.1) is 26.4 Å². The summed E-state index contributed by atoms with van der Waals surface area (Å²) in [4.78, 5) is 25.9. The molecule has 12 heteroatoms. The number of benzene rings is 2. The molecule has 0 saturated carbocycles. The van der Waals surface area contributed by atoms with Crippen molar-refractivity contribution < 1.29 is 38.3 Å². The highest BCUT2D eigenvalue weighted by molar-refractivity contribution is 7.59. The van der Waals surface area contributed by atoms with Gasteiger partial charge in [-0.25, -0.2) is 9.34 Å². The molecule has 10 nitrogen and oxygen atoms in total. The minimum absolute atomic E-state index is 0.0892. The summed E-state index contributed by atoms with van der Waals surface area (Å²) in [5, 5.41) is 26.0. The lowest BCUT2D eigenvalue weighted by molar-refractivity contribution is -0.145. The number of phenolic OH excluding ortho intramolecular Hbond substituents is 2. The van der Waals surface area contributed by atoms with Crippen molar-refractivity contribution in [3.63, 3.8) is 0 Å². The molecule has 0 bridgehead atoms. The molecule has 2 heterocycles. The van der Waals surface area contributed by atoms with E-state index in [-0.39, 0.29) is 69.0 Å². The van der Waals surface area contributed by atoms with Crippen molar-refractivity contribution in [1.29, 1.82) is 0 Å². The first kappa shape index (κ1) is 54.3. The van der Waals surface area contributed by atoms with Crippen molar-refractivity contribution in [3.8, 4) is 11.5 Å². The van der Waals surface area contributed by atoms with E-state index in [2.05, 4.69) is 146 Å². The average Bonchev–Trinajstić information content (AvgIpc) is 3.84. The first-order chi connectivity index (χ1) is 29.3. The third kappa shape index (κ3) is 13.7. The maximum absolute atomic E-state index is 13.0. The number of unbranched alkanes of at least 4 members (excludes halogenated alkanes) is 3. The van der Waals surface area contributed by atoms with Crippen LogP contribution in [0.4, 0.5) is 0 Å². The smallest absolute Gasteiger partial charge is 0.306 e. The van der Waals surface area contributed by atoms with E-state index in [1.807, 2.05) is 0 Å². The molecular formula is C52H86N2O8P2. The van der Waals surface area contributed by atoms with Crippen LogP contribution in [0.3, 0.4) is 0 Å². The number of nitrogens with zero attached hydrogens (tertiary/aromatic N) is 2. The molecule has 2 atom stereocenters. The summed E-state index contributed by atoms with van der Waals surface area (Å²) in [5.41, 5.74) is 4.37. The minimum atomic E-state index is -1.11. The van der Waals surface area contributed by atoms with Crippen LogP contribution in [-0.2, 0) is 62.6 Å². The monoisotopic (exact) mass is 929 g/mol. The third-order valence-corrected chi connectivity index (χ3v) is 17.0. The number of phenols is 2. The summed E-state index contributed by atoms with van der Waals surface area (Å²) >= 11 is 0. The molecule has 2 aromatic carbocycles. The lowest BCUT2D eigenvalue weighted by Gasteiger charge is -2.40. The van der Waals surface area contributed by atoms with E-state index in [4.69, 9.17) is 18.5 Å². The number of aromatic hydroxyl groups is 2. The zero-order valence-corrected chi connectivity index (χ0v) is 45.0. The number of carbonyl (C=O) groups excluding carboxylic acids is 2. The van der Waals surface area contributed by atoms with Gasteiger partial charge in [0.25, 0.3) is 0 Å². The molecule has 2 N–H and O–H groups in total. The minimum Gasteiger partial charge on any atom is -0.507 e. The molecule has 2 unspecified atom stereocenters. The normalized spacial score (nSPS) is 18.5. The maximum atomic E-state index is 13.0. The summed E-state index contributed by atoms with van der Waals surface area (Å²) in [6.07, 6.45) is 4.26. The zero-order valence-electron chi connectivity index (χ0n) is 43.2. The van der Waals surface area contributed by atoms with Crippen LogP contribution in [0.1, 0.15) is 197 Å². The fraction of sp³-hybridized carbons (Fsp3) is 0.731. The summed E-state index contributed by atoms with van der Waals surface area (Å²) in [6.45, 7) is 43.0. The lowest BCUT2D eigenvalue weighted by Crippen LogP contribution is -2.40. The molecule has 2 aliphatic heterocycles. The van der Waals surface area contributed by atoms with Gasteiger partial charge < -0.3 is 28.7 Å². The van der Waals surface area contributed by atoms with E-state index in [1.54, 1.807) is 0 Å². The average molecular weight is 929 g/mol. The number of ether oxygens (including phenoxy) is 2. The Kier molecular flexibility index (Phi) is 17.7. The quantitative estimate of drug-likeness (QED) is 0.102. The first-order valence-electron chi connectivity index (χ1n) is 23.8. The van der Waals surface area contributed by atoms with E-state index in [1.165, 1.54) is 0 Å². The Labute approximate surface area is 390 Å². The molecule has 0 radical (unpaired) electrons. The predicted octanol–water partition coefficient (Wildman–Crippen LogP) is 11.6. The SMILES string of the molecule is CC(C)(C)c1cc(CCC(=O)OCCCCCCOC(=O)CCc2cc(C(C)(C)C)c(P3OCCN3C(C)(C)C)c(C(C)(C)C)c2O)c(O)c(C(C)(C)C)c1P1OCCN1C(C)(C)C. The Balaban J connectivity index is 1.29. The van der Waals surface area contributed by atoms with Crippen molar-refractivity contribution in [1.82, 2.24) is 9.34 Å². The number of rotatable bonds is 15. The van der Waals surface area contributed by atoms with Crippen molar-refractivity contribution in [2.75, 3.05) is 39.5 Å². The fourth-order valence-electron chi connectivity index (χ4n) is 8.66. The number of aryl methyl sites for hydroxylation is 2. The zero-order chi connectivity index (χ0) is 48.4. The second kappa shape index (κ2) is 20.9. The van der Waals surface area contributed by atoms with E-state index >= 15 is 0 Å². The van der Waals surface area contributed by atoms with Crippen molar-refractivity contribution >= 4 is 39.1 Å². The molecule has 64 heavy (non-hydrogen) atoms. The molecule has 2 aromatic rings. The number of carbonyl (C=O) groups is 2. The number of esters is 2. The van der Waals surface area contributed by atoms with Crippen LogP contribution in [0, 0.1) is 0 Å². The summed E-state index contributed by atoms with van der Waals surface area (Å²) in [6, 6.07) is 4.20. The standard InChI is InChI=1S/C52H86N2O8P2/c1-47(2,3)37-33-35(43(57)41(49(7,8)9)45(37)63-53(27-31-61-63)51(13,14)15)23-25-39(55)59-29-21-19-20-22-30-60-40(56)26-24-36-34-38(48(4,5)6)46(42(44(36)58)50(10,11)12)64-54(28-32-62-64)52(16,17)18/h33-34,57-58H,19-32H2,1-18H3. The lowest BCUT2D eigenvalue weighted by atomic mass is 9.78. The van der Waals surface area contributed by atoms with Crippen LogP contribution in [0.25, 0.3) is 0 Å². The molecule has 2 aliphatic rings. The topological polar surface area (TPSA) is 118 Å². The Bertz CT molecular complexity index is 1800. The summed E-state index contributed by atoms with van der Waals surface area (Å²) in [5.74, 6) is -0.0377. The Morgan fingerprint density at radius 1 is 0.547 bits per heavy atom. The molecule has 0 aliphatic carbocycles. The van der Waals surface area contributed by atoms with Gasteiger partial charge in [-0.2, -0.15) is 0 Å². The van der Waals surface area contributed by atoms with E-state index in [9.17, 15) is 19.8 Å². The second-order valence-electron chi connectivity index (χ2n) is 24.0. The van der Waals surface area contributed by atoms with Gasteiger partial charge >= 0.3 is 11.9 Å². The largest absolute Gasteiger partial charge is 0.507 e. The van der Waals surface area contributed by atoms with Crippen LogP contribution in [0.5, 0.6) is 11.5 Å². The van der Waals surface area contributed by atoms with Gasteiger partial charge in [0, 0.05) is 58.7 Å². The van der Waals surface area contributed by atoms with E-state index in [0.717, 1.165) is 82.8 Å². The highest BCUT2D eigenvalue weighted by Gasteiger charge is 2.44. The van der Waals surface area contributed by atoms with Gasteiger partial charge in [-0.1, -0.05) is 95.2 Å². The molecule has 2 saturated heterocycles. The summed E-state index contributed by atoms with van der Waals surface area (Å²) < 4.78 is 29.1. The predicted molar refractivity (Wildman–Crippen MR) is 266 cm³/mol. The molecule has 0 aromatic heterocycles. The Hall–Kier alpha value is -2.32. The van der Waals surface area contributed by atoms with Crippen molar-refractivity contribution in [3.05, 3.63) is 45.5 Å². The molecule has 0 amide bonds. The highest BCUT2D eigenvalue weighted by atomic mass is 31.2. The van der Waals surface area contributed by atoms with Crippen molar-refractivity contribution in [2.24, 2.45) is 0 Å². The van der Waals surface area contributed by atoms with Gasteiger partial charge in [0.15, 0.2) is 0 Å².